The molecule has 0 radical (unpaired) electrons. The molecule has 2 heterocycles. The molecule has 0 bridgehead atoms. The Morgan fingerprint density at radius 1 is 1.17 bits per heavy atom. The number of carbonyl (C=O) groups is 1. The second-order valence-corrected chi connectivity index (χ2v) is 8.23. The van der Waals surface area contributed by atoms with Crippen LogP contribution < -0.4 is 10.1 Å². The molecule has 3 aromatic rings. The summed E-state index contributed by atoms with van der Waals surface area (Å²) in [5.41, 5.74) is 2.80. The van der Waals surface area contributed by atoms with Crippen LogP contribution in [0.1, 0.15) is 35.2 Å². The van der Waals surface area contributed by atoms with Crippen molar-refractivity contribution in [2.75, 3.05) is 18.4 Å². The Hall–Kier alpha value is -4.25. The zero-order chi connectivity index (χ0) is 24.8. The summed E-state index contributed by atoms with van der Waals surface area (Å²) in [7, 11) is 0. The lowest BCUT2D eigenvalue weighted by Gasteiger charge is -2.29. The second-order valence-electron chi connectivity index (χ2n) is 8.23. The lowest BCUT2D eigenvalue weighted by atomic mass is 10.00. The van der Waals surface area contributed by atoms with E-state index in [1.807, 2.05) is 37.3 Å². The van der Waals surface area contributed by atoms with Crippen LogP contribution in [0.3, 0.4) is 0 Å². The quantitative estimate of drug-likeness (QED) is 0.505. The van der Waals surface area contributed by atoms with Gasteiger partial charge in [-0.15, -0.1) is 0 Å². The molecule has 178 valence electrons. The number of hydrogen-bond donors (Lipinski definition) is 1. The first-order valence-electron chi connectivity index (χ1n) is 11.2. The summed E-state index contributed by atoms with van der Waals surface area (Å²) in [5, 5.41) is 11.8. The van der Waals surface area contributed by atoms with E-state index in [9.17, 15) is 13.6 Å². The molecule has 1 saturated heterocycles. The van der Waals surface area contributed by atoms with E-state index >= 15 is 0 Å². The Bertz CT molecular complexity index is 1270. The van der Waals surface area contributed by atoms with Gasteiger partial charge >= 0.3 is 6.03 Å². The number of amides is 2. The van der Waals surface area contributed by atoms with Crippen LogP contribution in [0.25, 0.3) is 6.08 Å². The first-order valence-corrected chi connectivity index (χ1v) is 11.2. The number of hydrogen-bond acceptors (Lipinski definition) is 4. The van der Waals surface area contributed by atoms with E-state index in [0.29, 0.717) is 49.7 Å². The van der Waals surface area contributed by atoms with Crippen molar-refractivity contribution in [2.45, 2.75) is 26.4 Å². The maximum absolute atomic E-state index is 14.2. The van der Waals surface area contributed by atoms with Gasteiger partial charge in [0.05, 0.1) is 23.0 Å². The van der Waals surface area contributed by atoms with E-state index in [4.69, 9.17) is 10.00 Å². The number of piperidine rings is 1. The first kappa shape index (κ1) is 23.9. The Morgan fingerprint density at radius 3 is 2.51 bits per heavy atom. The average Bonchev–Trinajstić information content (AvgIpc) is 2.86. The minimum atomic E-state index is -0.773. The molecule has 2 aromatic carbocycles. The van der Waals surface area contributed by atoms with Crippen LogP contribution in [0, 0.1) is 29.9 Å². The number of aryl methyl sites for hydroxylation is 1. The van der Waals surface area contributed by atoms with Crippen molar-refractivity contribution in [1.82, 2.24) is 9.88 Å². The maximum atomic E-state index is 14.2. The molecule has 0 saturated carbocycles. The van der Waals surface area contributed by atoms with Crippen molar-refractivity contribution in [3.05, 3.63) is 94.3 Å². The van der Waals surface area contributed by atoms with E-state index in [2.05, 4.69) is 10.3 Å². The first-order chi connectivity index (χ1) is 16.9. The highest BCUT2D eigenvalue weighted by Gasteiger charge is 2.22. The molecular weight excluding hydrogens is 450 g/mol. The number of likely N-dealkylation sites (tertiary alicyclic amines) is 1. The van der Waals surface area contributed by atoms with Gasteiger partial charge in [0.15, 0.2) is 5.75 Å². The molecule has 0 aliphatic carbocycles. The van der Waals surface area contributed by atoms with Crippen LogP contribution in [0.2, 0.25) is 0 Å². The third-order valence-corrected chi connectivity index (χ3v) is 5.80. The number of nitrogens with one attached hydrogen (secondary N) is 1. The number of nitrogens with zero attached hydrogens (tertiary/aromatic N) is 3. The number of halogens is 2. The predicted molar refractivity (Wildman–Crippen MR) is 129 cm³/mol. The summed E-state index contributed by atoms with van der Waals surface area (Å²) < 4.78 is 34.4. The minimum Gasteiger partial charge on any atom is -0.485 e. The lowest BCUT2D eigenvalue weighted by molar-refractivity contribution is 0.207. The summed E-state index contributed by atoms with van der Waals surface area (Å²) in [4.78, 5) is 18.8. The predicted octanol–water partition coefficient (Wildman–Crippen LogP) is 5.83. The highest BCUT2D eigenvalue weighted by molar-refractivity contribution is 5.91. The normalized spacial score (nSPS) is 13.2. The van der Waals surface area contributed by atoms with Gasteiger partial charge in [-0.05, 0) is 49.6 Å². The molecule has 1 aliphatic rings. The fraction of sp³-hybridized carbons (Fsp3) is 0.222. The summed E-state index contributed by atoms with van der Waals surface area (Å²) in [5.74, 6) is -1.04. The zero-order valence-electron chi connectivity index (χ0n) is 19.2. The fourth-order valence-electron chi connectivity index (χ4n) is 3.89. The van der Waals surface area contributed by atoms with E-state index in [1.54, 1.807) is 23.2 Å². The third kappa shape index (κ3) is 5.82. The topological polar surface area (TPSA) is 78.3 Å². The second kappa shape index (κ2) is 10.8. The standard InChI is InChI=1S/C27H24F2N4O2/c1-18-26(35-17-20-5-3-2-4-6-20)25(7-10-31-18)32-27(34)33-11-8-19(9-12-33)13-22-23(28)14-21(16-30)15-24(22)29/h2-7,10,13-15H,8-9,11-12,17H2,1H3,(H,31,32,34). The molecule has 4 rings (SSSR count). The maximum Gasteiger partial charge on any atom is 0.321 e. The van der Waals surface area contributed by atoms with Gasteiger partial charge in [0.25, 0.3) is 0 Å². The van der Waals surface area contributed by atoms with Crippen molar-refractivity contribution < 1.29 is 18.3 Å². The zero-order valence-corrected chi connectivity index (χ0v) is 19.2. The highest BCUT2D eigenvalue weighted by atomic mass is 19.1. The van der Waals surface area contributed by atoms with Gasteiger partial charge in [-0.2, -0.15) is 5.26 Å². The molecule has 1 aromatic heterocycles. The van der Waals surface area contributed by atoms with Gasteiger partial charge in [-0.1, -0.05) is 35.9 Å². The lowest BCUT2D eigenvalue weighted by Crippen LogP contribution is -2.39. The Labute approximate surface area is 202 Å². The Balaban J connectivity index is 1.40. The van der Waals surface area contributed by atoms with Crippen LogP contribution in [0.15, 0.2) is 60.3 Å². The van der Waals surface area contributed by atoms with E-state index in [1.165, 1.54) is 6.08 Å². The highest BCUT2D eigenvalue weighted by Crippen LogP contribution is 2.29. The van der Waals surface area contributed by atoms with Crippen molar-refractivity contribution in [3.8, 4) is 11.8 Å². The van der Waals surface area contributed by atoms with E-state index in [-0.39, 0.29) is 17.2 Å². The number of rotatable bonds is 5. The number of benzene rings is 2. The van der Waals surface area contributed by atoms with Crippen molar-refractivity contribution >= 4 is 17.8 Å². The Morgan fingerprint density at radius 2 is 1.86 bits per heavy atom. The molecule has 0 spiro atoms. The molecule has 1 fully saturated rings. The molecule has 0 atom stereocenters. The van der Waals surface area contributed by atoms with Crippen molar-refractivity contribution in [2.24, 2.45) is 0 Å². The summed E-state index contributed by atoms with van der Waals surface area (Å²) in [6.45, 7) is 2.97. The smallest absolute Gasteiger partial charge is 0.321 e. The summed E-state index contributed by atoms with van der Waals surface area (Å²) >= 11 is 0. The van der Waals surface area contributed by atoms with Crippen LogP contribution in [-0.2, 0) is 6.61 Å². The minimum absolute atomic E-state index is 0.0629. The van der Waals surface area contributed by atoms with Crippen molar-refractivity contribution in [3.63, 3.8) is 0 Å². The number of nitriles is 1. The number of carbonyl (C=O) groups excluding carboxylic acids is 1. The molecule has 2 amide bonds. The van der Waals surface area contributed by atoms with Crippen LogP contribution in [0.4, 0.5) is 19.3 Å². The largest absolute Gasteiger partial charge is 0.485 e. The van der Waals surface area contributed by atoms with E-state index < -0.39 is 11.6 Å². The fourth-order valence-corrected chi connectivity index (χ4v) is 3.89. The van der Waals surface area contributed by atoms with Crippen LogP contribution in [-0.4, -0.2) is 29.0 Å². The van der Waals surface area contributed by atoms with Crippen LogP contribution >= 0.6 is 0 Å². The summed E-state index contributed by atoms with van der Waals surface area (Å²) in [6, 6.07) is 14.9. The molecule has 6 nitrogen and oxygen atoms in total. The van der Waals surface area contributed by atoms with Gasteiger partial charge in [0.2, 0.25) is 0 Å². The number of pyridine rings is 1. The molecular formula is C27H24F2N4O2. The monoisotopic (exact) mass is 474 g/mol. The molecule has 0 unspecified atom stereocenters. The average molecular weight is 475 g/mol. The van der Waals surface area contributed by atoms with E-state index in [0.717, 1.165) is 23.3 Å². The van der Waals surface area contributed by atoms with Crippen molar-refractivity contribution in [1.29, 1.82) is 5.26 Å². The van der Waals surface area contributed by atoms with Gasteiger partial charge < -0.3 is 15.0 Å². The molecule has 8 heteroatoms. The number of anilines is 1. The van der Waals surface area contributed by atoms with Gasteiger partial charge in [0, 0.05) is 24.8 Å². The molecule has 1 aliphatic heterocycles. The number of aromatic nitrogens is 1. The number of urea groups is 1. The summed E-state index contributed by atoms with van der Waals surface area (Å²) in [6.07, 6.45) is 4.05. The van der Waals surface area contributed by atoms with Gasteiger partial charge in [-0.25, -0.2) is 13.6 Å². The number of ether oxygens (including phenoxy) is 1. The molecule has 35 heavy (non-hydrogen) atoms. The third-order valence-electron chi connectivity index (χ3n) is 5.80. The van der Waals surface area contributed by atoms with Gasteiger partial charge in [0.1, 0.15) is 18.2 Å². The van der Waals surface area contributed by atoms with Crippen LogP contribution in [0.5, 0.6) is 5.75 Å². The van der Waals surface area contributed by atoms with Gasteiger partial charge in [-0.3, -0.25) is 4.98 Å². The Kier molecular flexibility index (Phi) is 7.36. The molecule has 1 N–H and O–H groups in total. The SMILES string of the molecule is Cc1nccc(NC(=O)N2CCC(=Cc3c(F)cc(C#N)cc3F)CC2)c1OCc1ccccc1.